The summed E-state index contributed by atoms with van der Waals surface area (Å²) in [4.78, 5) is 0. The Bertz CT molecular complexity index is 1180. The van der Waals surface area contributed by atoms with Gasteiger partial charge in [0.1, 0.15) is 11.6 Å². The summed E-state index contributed by atoms with van der Waals surface area (Å²) in [6.45, 7) is 4.18. The van der Waals surface area contributed by atoms with Crippen LogP contribution >= 0.6 is 0 Å². The first-order valence-electron chi connectivity index (χ1n) is 11.8. The van der Waals surface area contributed by atoms with Crippen molar-refractivity contribution in [2.24, 2.45) is 0 Å². The minimum Gasteiger partial charge on any atom is -0.207 e. The standard InChI is InChI=1S/C31H30F2/c1-3-5-6-7-8-9-28-21-18-27(23-31(28)33)15-14-25-10-12-26(13-11-25)17-20-29-19-16-24(4-2)22-30(29)32/h10-13,16,18-19,21-23H,3-9H2,1-2H3. The highest BCUT2D eigenvalue weighted by Crippen LogP contribution is 2.15. The first-order valence-corrected chi connectivity index (χ1v) is 11.8. The SMILES string of the molecule is CCCCCCCc1ccc(C#Cc2ccc(C#Cc3ccc(CC)cc3F)cc2)cc1F. The minimum atomic E-state index is -0.293. The maximum atomic E-state index is 14.4. The van der Waals surface area contributed by atoms with E-state index in [2.05, 4.69) is 30.6 Å². The quantitative estimate of drug-likeness (QED) is 0.259. The van der Waals surface area contributed by atoms with E-state index in [1.807, 2.05) is 49.4 Å². The van der Waals surface area contributed by atoms with Gasteiger partial charge in [0.2, 0.25) is 0 Å². The molecule has 0 aliphatic heterocycles. The van der Waals surface area contributed by atoms with Crippen LogP contribution in [0.15, 0.2) is 60.7 Å². The molecule has 0 saturated heterocycles. The van der Waals surface area contributed by atoms with E-state index in [1.54, 1.807) is 6.07 Å². The second-order valence-corrected chi connectivity index (χ2v) is 8.22. The van der Waals surface area contributed by atoms with E-state index in [0.29, 0.717) is 11.1 Å². The second kappa shape index (κ2) is 12.6. The van der Waals surface area contributed by atoms with Gasteiger partial charge in [-0.3, -0.25) is 0 Å². The van der Waals surface area contributed by atoms with Gasteiger partial charge in [-0.05, 0) is 78.9 Å². The lowest BCUT2D eigenvalue weighted by molar-refractivity contribution is 0.587. The molecule has 0 radical (unpaired) electrons. The van der Waals surface area contributed by atoms with Gasteiger partial charge in [0.15, 0.2) is 0 Å². The van der Waals surface area contributed by atoms with Crippen molar-refractivity contribution < 1.29 is 8.78 Å². The first kappa shape index (κ1) is 24.3. The Morgan fingerprint density at radius 3 is 1.88 bits per heavy atom. The predicted octanol–water partition coefficient (Wildman–Crippen LogP) is 7.84. The summed E-state index contributed by atoms with van der Waals surface area (Å²) >= 11 is 0. The molecule has 3 aromatic carbocycles. The van der Waals surface area contributed by atoms with Crippen molar-refractivity contribution in [3.63, 3.8) is 0 Å². The third-order valence-electron chi connectivity index (χ3n) is 5.62. The molecule has 0 atom stereocenters. The molecule has 3 aromatic rings. The molecule has 0 amide bonds. The van der Waals surface area contributed by atoms with Gasteiger partial charge in [-0.25, -0.2) is 8.78 Å². The van der Waals surface area contributed by atoms with E-state index in [9.17, 15) is 8.78 Å². The van der Waals surface area contributed by atoms with E-state index in [4.69, 9.17) is 0 Å². The van der Waals surface area contributed by atoms with Gasteiger partial charge in [0, 0.05) is 16.7 Å². The van der Waals surface area contributed by atoms with Crippen LogP contribution in [0.4, 0.5) is 8.78 Å². The predicted molar refractivity (Wildman–Crippen MR) is 133 cm³/mol. The molecule has 0 aliphatic rings. The molecule has 168 valence electrons. The average molecular weight is 441 g/mol. The molecule has 0 saturated carbocycles. The molecule has 0 nitrogen and oxygen atoms in total. The van der Waals surface area contributed by atoms with Gasteiger partial charge in [-0.2, -0.15) is 0 Å². The van der Waals surface area contributed by atoms with E-state index >= 15 is 0 Å². The lowest BCUT2D eigenvalue weighted by Crippen LogP contribution is -1.92. The van der Waals surface area contributed by atoms with Crippen molar-refractivity contribution in [1.29, 1.82) is 0 Å². The van der Waals surface area contributed by atoms with Crippen LogP contribution in [-0.2, 0) is 12.8 Å². The molecule has 33 heavy (non-hydrogen) atoms. The van der Waals surface area contributed by atoms with E-state index in [-0.39, 0.29) is 11.6 Å². The van der Waals surface area contributed by atoms with Crippen LogP contribution in [0.1, 0.15) is 79.3 Å². The molecule has 0 N–H and O–H groups in total. The average Bonchev–Trinajstić information content (AvgIpc) is 2.83. The van der Waals surface area contributed by atoms with Crippen LogP contribution in [0, 0.1) is 35.3 Å². The van der Waals surface area contributed by atoms with Crippen molar-refractivity contribution in [1.82, 2.24) is 0 Å². The Morgan fingerprint density at radius 2 is 1.24 bits per heavy atom. The van der Waals surface area contributed by atoms with Crippen molar-refractivity contribution in [3.8, 4) is 23.7 Å². The van der Waals surface area contributed by atoms with Gasteiger partial charge in [-0.1, -0.05) is 75.3 Å². The van der Waals surface area contributed by atoms with Crippen LogP contribution in [-0.4, -0.2) is 0 Å². The molecular weight excluding hydrogens is 410 g/mol. The highest BCUT2D eigenvalue weighted by Gasteiger charge is 2.03. The van der Waals surface area contributed by atoms with Crippen LogP contribution in [0.2, 0.25) is 0 Å². The zero-order valence-electron chi connectivity index (χ0n) is 19.5. The summed E-state index contributed by atoms with van der Waals surface area (Å²) in [5, 5.41) is 0. The van der Waals surface area contributed by atoms with Crippen LogP contribution in [0.5, 0.6) is 0 Å². The largest absolute Gasteiger partial charge is 0.207 e. The Labute approximate surface area is 197 Å². The van der Waals surface area contributed by atoms with Crippen molar-refractivity contribution in [2.75, 3.05) is 0 Å². The molecular formula is C31H30F2. The molecule has 2 heteroatoms. The van der Waals surface area contributed by atoms with Gasteiger partial charge in [0.05, 0.1) is 5.56 Å². The fourth-order valence-corrected chi connectivity index (χ4v) is 3.55. The number of unbranched alkanes of at least 4 members (excludes halogenated alkanes) is 4. The van der Waals surface area contributed by atoms with Gasteiger partial charge in [-0.15, -0.1) is 0 Å². The Hall–Kier alpha value is -3.36. The molecule has 0 unspecified atom stereocenters. The van der Waals surface area contributed by atoms with E-state index in [0.717, 1.165) is 47.9 Å². The number of benzene rings is 3. The topological polar surface area (TPSA) is 0 Å². The Kier molecular flexibility index (Phi) is 9.29. The Balaban J connectivity index is 1.61. The second-order valence-electron chi connectivity index (χ2n) is 8.22. The van der Waals surface area contributed by atoms with Crippen molar-refractivity contribution in [2.45, 2.75) is 58.8 Å². The Morgan fingerprint density at radius 1 is 0.606 bits per heavy atom. The number of hydrogen-bond acceptors (Lipinski definition) is 0. The number of halogens is 2. The van der Waals surface area contributed by atoms with Crippen LogP contribution in [0.3, 0.4) is 0 Å². The van der Waals surface area contributed by atoms with E-state index in [1.165, 1.54) is 31.4 Å². The lowest BCUT2D eigenvalue weighted by atomic mass is 10.0. The maximum Gasteiger partial charge on any atom is 0.139 e. The van der Waals surface area contributed by atoms with Crippen LogP contribution < -0.4 is 0 Å². The van der Waals surface area contributed by atoms with Crippen LogP contribution in [0.25, 0.3) is 0 Å². The molecule has 0 bridgehead atoms. The fraction of sp³-hybridized carbons (Fsp3) is 0.290. The summed E-state index contributed by atoms with van der Waals surface area (Å²) in [5.74, 6) is 11.5. The minimum absolute atomic E-state index is 0.179. The fourth-order valence-electron chi connectivity index (χ4n) is 3.55. The third-order valence-corrected chi connectivity index (χ3v) is 5.62. The zero-order valence-corrected chi connectivity index (χ0v) is 19.5. The maximum absolute atomic E-state index is 14.4. The normalized spacial score (nSPS) is 10.2. The number of aryl methyl sites for hydroxylation is 2. The summed E-state index contributed by atoms with van der Waals surface area (Å²) in [6, 6.07) is 17.9. The lowest BCUT2D eigenvalue weighted by Gasteiger charge is -2.04. The summed E-state index contributed by atoms with van der Waals surface area (Å²) in [7, 11) is 0. The van der Waals surface area contributed by atoms with Gasteiger partial charge in [0.25, 0.3) is 0 Å². The summed E-state index contributed by atoms with van der Waals surface area (Å²) < 4.78 is 28.5. The molecule has 0 spiro atoms. The van der Waals surface area contributed by atoms with E-state index < -0.39 is 0 Å². The molecule has 0 fully saturated rings. The number of hydrogen-bond donors (Lipinski definition) is 0. The first-order chi connectivity index (χ1) is 16.1. The summed E-state index contributed by atoms with van der Waals surface area (Å²) in [6.07, 6.45) is 7.42. The molecule has 0 heterocycles. The molecule has 3 rings (SSSR count). The number of rotatable bonds is 7. The third kappa shape index (κ3) is 7.62. The highest BCUT2D eigenvalue weighted by atomic mass is 19.1. The van der Waals surface area contributed by atoms with Gasteiger partial charge < -0.3 is 0 Å². The van der Waals surface area contributed by atoms with Gasteiger partial charge >= 0.3 is 0 Å². The molecule has 0 aromatic heterocycles. The van der Waals surface area contributed by atoms with Crippen molar-refractivity contribution in [3.05, 3.63) is 106 Å². The van der Waals surface area contributed by atoms with Crippen molar-refractivity contribution >= 4 is 0 Å². The zero-order chi connectivity index (χ0) is 23.5. The monoisotopic (exact) mass is 440 g/mol. The smallest absolute Gasteiger partial charge is 0.139 e. The molecule has 0 aliphatic carbocycles. The highest BCUT2D eigenvalue weighted by molar-refractivity contribution is 5.48. The summed E-state index contributed by atoms with van der Waals surface area (Å²) in [5.41, 5.74) is 4.38.